The molecule has 2 aromatic rings. The van der Waals surface area contributed by atoms with Gasteiger partial charge in [-0.1, -0.05) is 39.0 Å². The highest BCUT2D eigenvalue weighted by Crippen LogP contribution is 2.31. The maximum atomic E-state index is 4.19. The Morgan fingerprint density at radius 1 is 1.21 bits per heavy atom. The van der Waals surface area contributed by atoms with Crippen LogP contribution < -0.4 is 5.32 Å². The number of H-pyrrole nitrogens is 1. The second kappa shape index (κ2) is 5.17. The molecule has 0 atom stereocenters. The molecule has 0 radical (unpaired) electrons. The Morgan fingerprint density at radius 3 is 2.58 bits per heavy atom. The van der Waals surface area contributed by atoms with E-state index in [9.17, 15) is 0 Å². The van der Waals surface area contributed by atoms with Gasteiger partial charge >= 0.3 is 0 Å². The third-order valence-corrected chi connectivity index (χ3v) is 3.47. The summed E-state index contributed by atoms with van der Waals surface area (Å²) in [4.78, 5) is 0. The Kier molecular flexibility index (Phi) is 3.76. The number of aromatic nitrogens is 2. The summed E-state index contributed by atoms with van der Waals surface area (Å²) in [5.74, 6) is 0. The Bertz CT molecular complexity index is 562. The molecule has 0 amide bonds. The first-order chi connectivity index (χ1) is 8.93. The van der Waals surface area contributed by atoms with E-state index in [-0.39, 0.29) is 5.41 Å². The van der Waals surface area contributed by atoms with Crippen LogP contribution >= 0.6 is 0 Å². The van der Waals surface area contributed by atoms with Crippen LogP contribution in [-0.4, -0.2) is 17.2 Å². The maximum absolute atomic E-state index is 4.19. The van der Waals surface area contributed by atoms with Crippen molar-refractivity contribution in [1.29, 1.82) is 0 Å². The van der Waals surface area contributed by atoms with Crippen molar-refractivity contribution in [1.82, 2.24) is 15.5 Å². The van der Waals surface area contributed by atoms with Crippen molar-refractivity contribution in [3.63, 3.8) is 0 Å². The minimum atomic E-state index is 0.162. The van der Waals surface area contributed by atoms with Crippen LogP contribution in [0.2, 0.25) is 0 Å². The molecule has 3 heteroatoms. The molecule has 0 aliphatic heterocycles. The van der Waals surface area contributed by atoms with E-state index in [2.05, 4.69) is 61.4 Å². The summed E-state index contributed by atoms with van der Waals surface area (Å²) in [6.45, 7) is 9.68. The van der Waals surface area contributed by atoms with Gasteiger partial charge < -0.3 is 5.32 Å². The van der Waals surface area contributed by atoms with E-state index < -0.39 is 0 Å². The largest absolute Gasteiger partial charge is 0.314 e. The fourth-order valence-corrected chi connectivity index (χ4v) is 2.24. The molecule has 3 nitrogen and oxygen atoms in total. The van der Waals surface area contributed by atoms with Gasteiger partial charge in [-0.3, -0.25) is 5.10 Å². The fraction of sp³-hybridized carbons (Fsp3) is 0.438. The van der Waals surface area contributed by atoms with E-state index in [0.717, 1.165) is 12.2 Å². The number of benzene rings is 1. The number of nitrogens with zero attached hydrogens (tertiary/aromatic N) is 1. The van der Waals surface area contributed by atoms with Gasteiger partial charge in [0.2, 0.25) is 0 Å². The van der Waals surface area contributed by atoms with Gasteiger partial charge in [-0.25, -0.2) is 0 Å². The summed E-state index contributed by atoms with van der Waals surface area (Å²) >= 11 is 0. The van der Waals surface area contributed by atoms with Crippen molar-refractivity contribution in [3.05, 3.63) is 41.2 Å². The molecule has 2 N–H and O–H groups in total. The SMILES string of the molecule is CNCc1[nH]ncc1-c1cc(C(C)(C)C)ccc1C. The monoisotopic (exact) mass is 257 g/mol. The summed E-state index contributed by atoms with van der Waals surface area (Å²) in [6.07, 6.45) is 1.92. The number of aromatic amines is 1. The summed E-state index contributed by atoms with van der Waals surface area (Å²) in [5, 5.41) is 10.4. The van der Waals surface area contributed by atoms with E-state index in [1.807, 2.05) is 13.2 Å². The van der Waals surface area contributed by atoms with Crippen molar-refractivity contribution < 1.29 is 0 Å². The maximum Gasteiger partial charge on any atom is 0.0569 e. The zero-order chi connectivity index (χ0) is 14.0. The highest BCUT2D eigenvalue weighted by atomic mass is 15.1. The summed E-state index contributed by atoms with van der Waals surface area (Å²) in [5.41, 5.74) is 6.40. The van der Waals surface area contributed by atoms with Gasteiger partial charge in [-0.05, 0) is 36.1 Å². The van der Waals surface area contributed by atoms with E-state index in [4.69, 9.17) is 0 Å². The first-order valence-electron chi connectivity index (χ1n) is 6.72. The van der Waals surface area contributed by atoms with Gasteiger partial charge in [0.15, 0.2) is 0 Å². The fourth-order valence-electron chi connectivity index (χ4n) is 2.24. The van der Waals surface area contributed by atoms with Gasteiger partial charge in [0.05, 0.1) is 11.9 Å². The molecule has 1 aromatic carbocycles. The predicted octanol–water partition coefficient (Wildman–Crippen LogP) is 3.40. The second-order valence-corrected chi connectivity index (χ2v) is 6.07. The molecule has 0 saturated heterocycles. The predicted molar refractivity (Wildman–Crippen MR) is 80.2 cm³/mol. The molecule has 1 heterocycles. The number of nitrogens with one attached hydrogen (secondary N) is 2. The lowest BCUT2D eigenvalue weighted by atomic mass is 9.84. The molecule has 19 heavy (non-hydrogen) atoms. The molecule has 1 aromatic heterocycles. The zero-order valence-electron chi connectivity index (χ0n) is 12.5. The van der Waals surface area contributed by atoms with Crippen molar-refractivity contribution in [2.45, 2.75) is 39.7 Å². The van der Waals surface area contributed by atoms with Crippen molar-refractivity contribution in [2.24, 2.45) is 0 Å². The quantitative estimate of drug-likeness (QED) is 0.884. The lowest BCUT2D eigenvalue weighted by Crippen LogP contribution is -2.11. The van der Waals surface area contributed by atoms with E-state index in [0.29, 0.717) is 0 Å². The summed E-state index contributed by atoms with van der Waals surface area (Å²) < 4.78 is 0. The number of hydrogen-bond donors (Lipinski definition) is 2. The van der Waals surface area contributed by atoms with Crippen LogP contribution in [0.1, 0.15) is 37.6 Å². The van der Waals surface area contributed by atoms with Gasteiger partial charge in [-0.15, -0.1) is 0 Å². The molecule has 0 aliphatic carbocycles. The number of rotatable bonds is 3. The molecule has 0 fully saturated rings. The molecular formula is C16H23N3. The number of aryl methyl sites for hydroxylation is 1. The van der Waals surface area contributed by atoms with E-state index in [1.165, 1.54) is 22.3 Å². The Labute approximate surface area is 115 Å². The first kappa shape index (κ1) is 13.8. The highest BCUT2D eigenvalue weighted by Gasteiger charge is 2.17. The van der Waals surface area contributed by atoms with Crippen molar-refractivity contribution in [3.8, 4) is 11.1 Å². The molecule has 0 saturated carbocycles. The molecule has 0 unspecified atom stereocenters. The van der Waals surface area contributed by atoms with E-state index >= 15 is 0 Å². The smallest absolute Gasteiger partial charge is 0.0569 e. The second-order valence-electron chi connectivity index (χ2n) is 6.07. The van der Waals surface area contributed by atoms with Gasteiger partial charge in [-0.2, -0.15) is 5.10 Å². The van der Waals surface area contributed by atoms with Crippen LogP contribution in [0.25, 0.3) is 11.1 Å². The Balaban J connectivity index is 2.52. The van der Waals surface area contributed by atoms with Crippen LogP contribution in [0, 0.1) is 6.92 Å². The van der Waals surface area contributed by atoms with Crippen LogP contribution in [0.15, 0.2) is 24.4 Å². The number of hydrogen-bond acceptors (Lipinski definition) is 2. The molecular weight excluding hydrogens is 234 g/mol. The average molecular weight is 257 g/mol. The summed E-state index contributed by atoms with van der Waals surface area (Å²) in [6, 6.07) is 6.71. The Morgan fingerprint density at radius 2 is 1.95 bits per heavy atom. The molecule has 0 bridgehead atoms. The Hall–Kier alpha value is -1.61. The van der Waals surface area contributed by atoms with Gasteiger partial charge in [0.1, 0.15) is 0 Å². The van der Waals surface area contributed by atoms with Gasteiger partial charge in [0.25, 0.3) is 0 Å². The lowest BCUT2D eigenvalue weighted by molar-refractivity contribution is 0.590. The summed E-state index contributed by atoms with van der Waals surface area (Å²) in [7, 11) is 1.95. The molecule has 0 aliphatic rings. The average Bonchev–Trinajstić information content (AvgIpc) is 2.77. The topological polar surface area (TPSA) is 40.7 Å². The third-order valence-electron chi connectivity index (χ3n) is 3.47. The van der Waals surface area contributed by atoms with Crippen LogP contribution in [0.5, 0.6) is 0 Å². The van der Waals surface area contributed by atoms with Gasteiger partial charge in [0, 0.05) is 12.1 Å². The molecule has 2 rings (SSSR count). The van der Waals surface area contributed by atoms with E-state index in [1.54, 1.807) is 0 Å². The van der Waals surface area contributed by atoms with Crippen molar-refractivity contribution >= 4 is 0 Å². The minimum Gasteiger partial charge on any atom is -0.314 e. The minimum absolute atomic E-state index is 0.162. The normalized spacial score (nSPS) is 11.8. The highest BCUT2D eigenvalue weighted by molar-refractivity contribution is 5.69. The third kappa shape index (κ3) is 2.87. The molecule has 102 valence electrons. The van der Waals surface area contributed by atoms with Crippen molar-refractivity contribution in [2.75, 3.05) is 7.05 Å². The van der Waals surface area contributed by atoms with Crippen LogP contribution in [0.4, 0.5) is 0 Å². The van der Waals surface area contributed by atoms with Crippen LogP contribution in [-0.2, 0) is 12.0 Å². The molecule has 0 spiro atoms. The standard InChI is InChI=1S/C16H23N3/c1-11-6-7-12(16(2,3)4)8-13(11)14-9-18-19-15(14)10-17-5/h6-9,17H,10H2,1-5H3,(H,18,19). The lowest BCUT2D eigenvalue weighted by Gasteiger charge is -2.21. The first-order valence-corrected chi connectivity index (χ1v) is 6.72. The zero-order valence-corrected chi connectivity index (χ0v) is 12.5. The van der Waals surface area contributed by atoms with Crippen LogP contribution in [0.3, 0.4) is 0 Å².